The summed E-state index contributed by atoms with van der Waals surface area (Å²) in [5.41, 5.74) is 1.07. The number of nitrogens with zero attached hydrogens (tertiary/aromatic N) is 1. The Labute approximate surface area is 125 Å². The van der Waals surface area contributed by atoms with Crippen molar-refractivity contribution in [3.63, 3.8) is 0 Å². The Hall–Kier alpha value is -2.18. The standard InChI is InChI=1S/C14H13ClFN3O2/c15-10-3-1-9(2-4-10)12(8-20)19-14(21)18-11-5-6-13(16)17-7-11/h1-7,12,20H,8H2,(H2,18,19,21). The third kappa shape index (κ3) is 4.40. The molecule has 0 saturated heterocycles. The number of carbonyl (C=O) groups excluding carboxylic acids is 1. The van der Waals surface area contributed by atoms with E-state index in [1.165, 1.54) is 12.3 Å². The van der Waals surface area contributed by atoms with Gasteiger partial charge in [0.2, 0.25) is 5.95 Å². The van der Waals surface area contributed by atoms with E-state index >= 15 is 0 Å². The Kier molecular flexibility index (Phi) is 5.08. The summed E-state index contributed by atoms with van der Waals surface area (Å²) >= 11 is 5.79. The lowest BCUT2D eigenvalue weighted by atomic mass is 10.1. The molecule has 0 aliphatic rings. The van der Waals surface area contributed by atoms with Gasteiger partial charge in [-0.25, -0.2) is 9.78 Å². The summed E-state index contributed by atoms with van der Waals surface area (Å²) in [5, 5.41) is 15.0. The second-order valence-corrected chi connectivity index (χ2v) is 4.69. The number of urea groups is 1. The van der Waals surface area contributed by atoms with E-state index in [-0.39, 0.29) is 6.61 Å². The van der Waals surface area contributed by atoms with Gasteiger partial charge < -0.3 is 15.7 Å². The zero-order valence-corrected chi connectivity index (χ0v) is 11.6. The molecule has 0 saturated carbocycles. The molecule has 0 bridgehead atoms. The number of anilines is 1. The molecule has 5 nitrogen and oxygen atoms in total. The zero-order chi connectivity index (χ0) is 15.2. The predicted molar refractivity (Wildman–Crippen MR) is 77.6 cm³/mol. The minimum Gasteiger partial charge on any atom is -0.394 e. The van der Waals surface area contributed by atoms with Gasteiger partial charge in [0.15, 0.2) is 0 Å². The monoisotopic (exact) mass is 309 g/mol. The number of carbonyl (C=O) groups is 1. The summed E-state index contributed by atoms with van der Waals surface area (Å²) in [7, 11) is 0. The van der Waals surface area contributed by atoms with Crippen LogP contribution in [-0.2, 0) is 0 Å². The molecule has 1 unspecified atom stereocenters. The molecule has 0 aliphatic heterocycles. The average Bonchev–Trinajstić information content (AvgIpc) is 2.48. The molecule has 1 aromatic carbocycles. The molecular weight excluding hydrogens is 297 g/mol. The Morgan fingerprint density at radius 3 is 2.57 bits per heavy atom. The molecule has 110 valence electrons. The van der Waals surface area contributed by atoms with Crippen molar-refractivity contribution in [2.75, 3.05) is 11.9 Å². The van der Waals surface area contributed by atoms with Crippen LogP contribution in [0.3, 0.4) is 0 Å². The van der Waals surface area contributed by atoms with Crippen molar-refractivity contribution in [1.82, 2.24) is 10.3 Å². The van der Waals surface area contributed by atoms with Gasteiger partial charge in [-0.3, -0.25) is 0 Å². The maximum Gasteiger partial charge on any atom is 0.319 e. The van der Waals surface area contributed by atoms with Gasteiger partial charge in [0.1, 0.15) is 0 Å². The molecular formula is C14H13ClFN3O2. The minimum atomic E-state index is -0.629. The van der Waals surface area contributed by atoms with E-state index in [4.69, 9.17) is 11.6 Å². The molecule has 0 aliphatic carbocycles. The van der Waals surface area contributed by atoms with Crippen LogP contribution in [0.25, 0.3) is 0 Å². The quantitative estimate of drug-likeness (QED) is 0.760. The highest BCUT2D eigenvalue weighted by atomic mass is 35.5. The number of amides is 2. The third-order valence-electron chi connectivity index (χ3n) is 2.75. The minimum absolute atomic E-state index is 0.267. The van der Waals surface area contributed by atoms with Gasteiger partial charge in [-0.05, 0) is 29.8 Å². The van der Waals surface area contributed by atoms with E-state index in [0.29, 0.717) is 16.3 Å². The van der Waals surface area contributed by atoms with Crippen LogP contribution < -0.4 is 10.6 Å². The fraction of sp³-hybridized carbons (Fsp3) is 0.143. The van der Waals surface area contributed by atoms with Gasteiger partial charge in [0.25, 0.3) is 0 Å². The second-order valence-electron chi connectivity index (χ2n) is 4.25. The molecule has 0 fully saturated rings. The number of benzene rings is 1. The number of nitrogens with one attached hydrogen (secondary N) is 2. The topological polar surface area (TPSA) is 74.2 Å². The first-order valence-corrected chi connectivity index (χ1v) is 6.51. The number of halogens is 2. The van der Waals surface area contributed by atoms with Crippen LogP contribution in [0.2, 0.25) is 5.02 Å². The van der Waals surface area contributed by atoms with Gasteiger partial charge in [-0.2, -0.15) is 4.39 Å². The van der Waals surface area contributed by atoms with Crippen LogP contribution in [0.5, 0.6) is 0 Å². The first kappa shape index (κ1) is 15.2. The fourth-order valence-electron chi connectivity index (χ4n) is 1.70. The second kappa shape index (κ2) is 7.01. The number of aliphatic hydroxyl groups is 1. The predicted octanol–water partition coefficient (Wildman–Crippen LogP) is 2.73. The lowest BCUT2D eigenvalue weighted by molar-refractivity contribution is 0.225. The van der Waals surface area contributed by atoms with Crippen molar-refractivity contribution in [3.05, 3.63) is 59.1 Å². The van der Waals surface area contributed by atoms with Crippen LogP contribution in [0.15, 0.2) is 42.6 Å². The highest BCUT2D eigenvalue weighted by Gasteiger charge is 2.13. The number of aliphatic hydroxyl groups excluding tert-OH is 1. The molecule has 1 heterocycles. The molecule has 21 heavy (non-hydrogen) atoms. The lowest BCUT2D eigenvalue weighted by Crippen LogP contribution is -2.34. The summed E-state index contributed by atoms with van der Waals surface area (Å²) in [6.45, 7) is -0.267. The number of aromatic nitrogens is 1. The summed E-state index contributed by atoms with van der Waals surface area (Å²) in [6.07, 6.45) is 1.20. The molecule has 0 spiro atoms. The Morgan fingerprint density at radius 1 is 1.29 bits per heavy atom. The molecule has 1 atom stereocenters. The zero-order valence-electron chi connectivity index (χ0n) is 10.9. The van der Waals surface area contributed by atoms with Crippen LogP contribution in [0.1, 0.15) is 11.6 Å². The molecule has 1 aromatic heterocycles. The first-order valence-electron chi connectivity index (χ1n) is 6.14. The van der Waals surface area contributed by atoms with Gasteiger partial charge in [0, 0.05) is 5.02 Å². The van der Waals surface area contributed by atoms with Crippen molar-refractivity contribution in [3.8, 4) is 0 Å². The van der Waals surface area contributed by atoms with Crippen LogP contribution in [0, 0.1) is 5.95 Å². The van der Waals surface area contributed by atoms with E-state index in [9.17, 15) is 14.3 Å². The van der Waals surface area contributed by atoms with E-state index in [1.807, 2.05) is 0 Å². The maximum atomic E-state index is 12.7. The van der Waals surface area contributed by atoms with Crippen molar-refractivity contribution >= 4 is 23.3 Å². The van der Waals surface area contributed by atoms with Crippen LogP contribution >= 0.6 is 11.6 Å². The van der Waals surface area contributed by atoms with Gasteiger partial charge in [0.05, 0.1) is 24.5 Å². The van der Waals surface area contributed by atoms with E-state index in [0.717, 1.165) is 6.07 Å². The summed E-state index contributed by atoms with van der Waals surface area (Å²) < 4.78 is 12.7. The fourth-order valence-corrected chi connectivity index (χ4v) is 1.83. The SMILES string of the molecule is O=C(Nc1ccc(F)nc1)NC(CO)c1ccc(Cl)cc1. The van der Waals surface area contributed by atoms with Crippen molar-refractivity contribution in [1.29, 1.82) is 0 Å². The van der Waals surface area contributed by atoms with Crippen molar-refractivity contribution in [2.45, 2.75) is 6.04 Å². The Balaban J connectivity index is 1.99. The van der Waals surface area contributed by atoms with Gasteiger partial charge >= 0.3 is 6.03 Å². The first-order chi connectivity index (χ1) is 10.1. The molecule has 0 radical (unpaired) electrons. The van der Waals surface area contributed by atoms with Crippen LogP contribution in [0.4, 0.5) is 14.9 Å². The highest BCUT2D eigenvalue weighted by molar-refractivity contribution is 6.30. The average molecular weight is 310 g/mol. The van der Waals surface area contributed by atoms with Gasteiger partial charge in [-0.1, -0.05) is 23.7 Å². The number of hydrogen-bond donors (Lipinski definition) is 3. The maximum absolute atomic E-state index is 12.7. The molecule has 2 rings (SSSR count). The molecule has 3 N–H and O–H groups in total. The Bertz CT molecular complexity index is 605. The third-order valence-corrected chi connectivity index (χ3v) is 3.00. The summed E-state index contributed by atoms with van der Waals surface area (Å²) in [6, 6.07) is 8.18. The van der Waals surface area contributed by atoms with Crippen molar-refractivity contribution < 1.29 is 14.3 Å². The summed E-state index contributed by atoms with van der Waals surface area (Å²) in [4.78, 5) is 15.3. The largest absolute Gasteiger partial charge is 0.394 e. The molecule has 2 amide bonds. The smallest absolute Gasteiger partial charge is 0.319 e. The number of hydrogen-bond acceptors (Lipinski definition) is 3. The van der Waals surface area contributed by atoms with E-state index in [1.54, 1.807) is 24.3 Å². The molecule has 7 heteroatoms. The normalized spacial score (nSPS) is 11.8. The van der Waals surface area contributed by atoms with Crippen molar-refractivity contribution in [2.24, 2.45) is 0 Å². The van der Waals surface area contributed by atoms with Crippen LogP contribution in [-0.4, -0.2) is 22.7 Å². The summed E-state index contributed by atoms with van der Waals surface area (Å²) in [5.74, 6) is -0.629. The Morgan fingerprint density at radius 2 is 2.00 bits per heavy atom. The van der Waals surface area contributed by atoms with E-state index < -0.39 is 18.0 Å². The molecule has 2 aromatic rings. The highest BCUT2D eigenvalue weighted by Crippen LogP contribution is 2.16. The van der Waals surface area contributed by atoms with E-state index in [2.05, 4.69) is 15.6 Å². The van der Waals surface area contributed by atoms with Gasteiger partial charge in [-0.15, -0.1) is 0 Å². The number of pyridine rings is 1. The number of rotatable bonds is 4. The lowest BCUT2D eigenvalue weighted by Gasteiger charge is -2.17.